The summed E-state index contributed by atoms with van der Waals surface area (Å²) in [6.45, 7) is 1.56. The summed E-state index contributed by atoms with van der Waals surface area (Å²) in [5.74, 6) is -2.92. The zero-order valence-electron chi connectivity index (χ0n) is 15.3. The van der Waals surface area contributed by atoms with Crippen molar-refractivity contribution in [1.82, 2.24) is 9.88 Å². The maximum atomic E-state index is 13.3. The highest BCUT2D eigenvalue weighted by Gasteiger charge is 2.24. The van der Waals surface area contributed by atoms with Crippen LogP contribution in [0, 0.1) is 0 Å². The monoisotopic (exact) mass is 407 g/mol. The van der Waals surface area contributed by atoms with Crippen molar-refractivity contribution in [3.8, 4) is 0 Å². The molecule has 0 fully saturated rings. The quantitative estimate of drug-likeness (QED) is 0.774. The fourth-order valence-electron chi connectivity index (χ4n) is 2.92. The molecule has 1 aliphatic heterocycles. The molecule has 148 valence electrons. The number of alkyl halides is 2. The van der Waals surface area contributed by atoms with E-state index in [9.17, 15) is 13.6 Å². The van der Waals surface area contributed by atoms with Crippen LogP contribution in [-0.4, -0.2) is 34.1 Å². The molecule has 0 bridgehead atoms. The predicted octanol–water partition coefficient (Wildman–Crippen LogP) is 4.66. The molecule has 0 radical (unpaired) electrons. The number of hydrogen-bond acceptors (Lipinski definition) is 3. The number of nitrogens with zero attached hydrogens (tertiary/aromatic N) is 2. The highest BCUT2D eigenvalue weighted by molar-refractivity contribution is 6.32. The topological polar surface area (TPSA) is 65.5 Å². The number of nitrogens with one attached hydrogen (secondary N) is 1. The third kappa shape index (κ3) is 4.66. The van der Waals surface area contributed by atoms with Crippen LogP contribution in [0.25, 0.3) is 5.57 Å². The van der Waals surface area contributed by atoms with Crippen molar-refractivity contribution in [2.45, 2.75) is 25.9 Å². The SMILES string of the molecule is CC(F)(F)c1ccc(NC(=O)N2CC=C(c3ncc(CO)cc3Cl)CC2)cc1. The Balaban J connectivity index is 1.63. The van der Waals surface area contributed by atoms with Crippen LogP contribution in [0.5, 0.6) is 0 Å². The van der Waals surface area contributed by atoms with Gasteiger partial charge >= 0.3 is 6.03 Å². The van der Waals surface area contributed by atoms with Gasteiger partial charge in [-0.3, -0.25) is 4.98 Å². The van der Waals surface area contributed by atoms with Crippen molar-refractivity contribution in [3.05, 3.63) is 64.4 Å². The number of rotatable bonds is 4. The Morgan fingerprint density at radius 2 is 2.07 bits per heavy atom. The Hall–Kier alpha value is -2.51. The van der Waals surface area contributed by atoms with Crippen LogP contribution in [0.3, 0.4) is 0 Å². The van der Waals surface area contributed by atoms with E-state index >= 15 is 0 Å². The molecule has 28 heavy (non-hydrogen) atoms. The van der Waals surface area contributed by atoms with Gasteiger partial charge in [-0.1, -0.05) is 29.8 Å². The zero-order valence-corrected chi connectivity index (χ0v) is 16.0. The van der Waals surface area contributed by atoms with Gasteiger partial charge in [-0.2, -0.15) is 0 Å². The largest absolute Gasteiger partial charge is 0.392 e. The minimum Gasteiger partial charge on any atom is -0.392 e. The van der Waals surface area contributed by atoms with E-state index in [-0.39, 0.29) is 18.2 Å². The lowest BCUT2D eigenvalue weighted by atomic mass is 10.0. The first-order chi connectivity index (χ1) is 13.3. The lowest BCUT2D eigenvalue weighted by Gasteiger charge is -2.27. The highest BCUT2D eigenvalue weighted by Crippen LogP contribution is 2.29. The Morgan fingerprint density at radius 3 is 2.61 bits per heavy atom. The number of benzene rings is 1. The summed E-state index contributed by atoms with van der Waals surface area (Å²) < 4.78 is 26.5. The predicted molar refractivity (Wildman–Crippen MR) is 104 cm³/mol. The van der Waals surface area contributed by atoms with Crippen LogP contribution >= 0.6 is 11.6 Å². The Kier molecular flexibility index (Phi) is 5.96. The maximum Gasteiger partial charge on any atom is 0.322 e. The van der Waals surface area contributed by atoms with Crippen LogP contribution in [-0.2, 0) is 12.5 Å². The van der Waals surface area contributed by atoms with Crippen LogP contribution in [0.15, 0.2) is 42.6 Å². The number of carbonyl (C=O) groups is 1. The summed E-state index contributed by atoms with van der Waals surface area (Å²) in [4.78, 5) is 18.3. The molecule has 2 amide bonds. The van der Waals surface area contributed by atoms with Crippen LogP contribution in [0.4, 0.5) is 19.3 Å². The number of aromatic nitrogens is 1. The number of urea groups is 1. The summed E-state index contributed by atoms with van der Waals surface area (Å²) in [6.07, 6.45) is 4.04. The molecule has 3 rings (SSSR count). The van der Waals surface area contributed by atoms with Gasteiger partial charge in [-0.05, 0) is 35.8 Å². The number of pyridine rings is 1. The summed E-state index contributed by atoms with van der Waals surface area (Å²) in [5, 5.41) is 12.3. The molecule has 5 nitrogen and oxygen atoms in total. The molecule has 0 saturated heterocycles. The van der Waals surface area contributed by atoms with Gasteiger partial charge in [0.05, 0.1) is 17.3 Å². The lowest BCUT2D eigenvalue weighted by molar-refractivity contribution is 0.0175. The number of amides is 2. The normalized spacial score (nSPS) is 14.6. The van der Waals surface area contributed by atoms with E-state index in [0.717, 1.165) is 12.5 Å². The van der Waals surface area contributed by atoms with Gasteiger partial charge in [0, 0.05) is 37.5 Å². The second-order valence-corrected chi connectivity index (χ2v) is 7.06. The first-order valence-electron chi connectivity index (χ1n) is 8.77. The molecule has 0 spiro atoms. The molecule has 0 unspecified atom stereocenters. The van der Waals surface area contributed by atoms with Gasteiger partial charge in [0.1, 0.15) is 0 Å². The molecule has 2 heterocycles. The average molecular weight is 408 g/mol. The molecule has 0 aliphatic carbocycles. The maximum absolute atomic E-state index is 13.3. The Morgan fingerprint density at radius 1 is 1.36 bits per heavy atom. The molecule has 0 saturated carbocycles. The Labute approximate surface area is 166 Å². The van der Waals surface area contributed by atoms with Crippen LogP contribution < -0.4 is 5.32 Å². The van der Waals surface area contributed by atoms with Gasteiger partial charge in [-0.15, -0.1) is 0 Å². The van der Waals surface area contributed by atoms with E-state index in [1.165, 1.54) is 24.3 Å². The summed E-state index contributed by atoms with van der Waals surface area (Å²) in [5.41, 5.74) is 2.57. The highest BCUT2D eigenvalue weighted by atomic mass is 35.5. The summed E-state index contributed by atoms with van der Waals surface area (Å²) in [7, 11) is 0. The van der Waals surface area contributed by atoms with Gasteiger partial charge < -0.3 is 15.3 Å². The van der Waals surface area contributed by atoms with E-state index in [0.29, 0.717) is 41.5 Å². The average Bonchev–Trinajstić information content (AvgIpc) is 2.67. The van der Waals surface area contributed by atoms with E-state index in [4.69, 9.17) is 16.7 Å². The summed E-state index contributed by atoms with van der Waals surface area (Å²) in [6, 6.07) is 6.89. The fraction of sp³-hybridized carbons (Fsp3) is 0.300. The lowest BCUT2D eigenvalue weighted by Crippen LogP contribution is -2.38. The van der Waals surface area contributed by atoms with Gasteiger partial charge in [-0.25, -0.2) is 13.6 Å². The van der Waals surface area contributed by atoms with Gasteiger partial charge in [0.15, 0.2) is 0 Å². The molecular weight excluding hydrogens is 388 g/mol. The molecule has 1 aromatic carbocycles. The third-order valence-electron chi connectivity index (χ3n) is 4.52. The smallest absolute Gasteiger partial charge is 0.322 e. The third-order valence-corrected chi connectivity index (χ3v) is 4.81. The first kappa shape index (κ1) is 20.2. The van der Waals surface area contributed by atoms with E-state index in [1.54, 1.807) is 17.2 Å². The van der Waals surface area contributed by atoms with E-state index in [1.807, 2.05) is 6.08 Å². The number of aliphatic hydroxyl groups is 1. The first-order valence-corrected chi connectivity index (χ1v) is 9.14. The van der Waals surface area contributed by atoms with Crippen molar-refractivity contribution in [3.63, 3.8) is 0 Å². The van der Waals surface area contributed by atoms with Crippen molar-refractivity contribution in [2.75, 3.05) is 18.4 Å². The number of anilines is 1. The minimum absolute atomic E-state index is 0.104. The molecule has 8 heteroatoms. The molecular formula is C20H20ClF2N3O2. The number of halogens is 3. The van der Waals surface area contributed by atoms with Crippen molar-refractivity contribution < 1.29 is 18.7 Å². The Bertz CT molecular complexity index is 895. The minimum atomic E-state index is -2.92. The summed E-state index contributed by atoms with van der Waals surface area (Å²) >= 11 is 6.23. The van der Waals surface area contributed by atoms with Gasteiger partial charge in [0.2, 0.25) is 0 Å². The van der Waals surface area contributed by atoms with Crippen LogP contribution in [0.1, 0.15) is 30.2 Å². The van der Waals surface area contributed by atoms with Crippen LogP contribution in [0.2, 0.25) is 5.02 Å². The molecule has 0 atom stereocenters. The van der Waals surface area contributed by atoms with Gasteiger partial charge in [0.25, 0.3) is 5.92 Å². The van der Waals surface area contributed by atoms with Crippen molar-refractivity contribution >= 4 is 28.9 Å². The standard InChI is InChI=1S/C20H20ClF2N3O2/c1-20(22,23)15-2-4-16(5-3-15)25-19(28)26-8-6-14(7-9-26)18-17(21)10-13(12-27)11-24-18/h2-6,10-11,27H,7-9,12H2,1H3,(H,25,28). The zero-order chi connectivity index (χ0) is 20.3. The molecule has 1 aromatic heterocycles. The number of carbonyl (C=O) groups excluding carboxylic acids is 1. The van der Waals surface area contributed by atoms with Crippen molar-refractivity contribution in [2.24, 2.45) is 0 Å². The fourth-order valence-corrected chi connectivity index (χ4v) is 3.23. The van der Waals surface area contributed by atoms with E-state index < -0.39 is 5.92 Å². The molecule has 2 N–H and O–H groups in total. The second kappa shape index (κ2) is 8.24. The van der Waals surface area contributed by atoms with Crippen molar-refractivity contribution in [1.29, 1.82) is 0 Å². The molecule has 2 aromatic rings. The number of aliphatic hydroxyl groups excluding tert-OH is 1. The number of hydrogen-bond donors (Lipinski definition) is 2. The second-order valence-electron chi connectivity index (χ2n) is 6.65. The van der Waals surface area contributed by atoms with E-state index in [2.05, 4.69) is 10.3 Å². The molecule has 1 aliphatic rings.